The Hall–Kier alpha value is -0.660. The third-order valence-corrected chi connectivity index (χ3v) is 25.6. The van der Waals surface area contributed by atoms with Gasteiger partial charge in [-0.25, -0.2) is 0 Å². The molecule has 0 saturated carbocycles. The summed E-state index contributed by atoms with van der Waals surface area (Å²) in [6.07, 6.45) is 2.68. The van der Waals surface area contributed by atoms with E-state index >= 15 is 0 Å². The molecule has 0 bridgehead atoms. The Morgan fingerprint density at radius 3 is 2.10 bits per heavy atom. The second-order valence-electron chi connectivity index (χ2n) is 9.00. The van der Waals surface area contributed by atoms with Gasteiger partial charge in [-0.2, -0.15) is 0 Å². The molecule has 2 unspecified atom stereocenters. The molecule has 0 radical (unpaired) electrons. The van der Waals surface area contributed by atoms with Crippen molar-refractivity contribution < 1.29 is 45.2 Å². The zero-order valence-electron chi connectivity index (χ0n) is 19.6. The van der Waals surface area contributed by atoms with Gasteiger partial charge in [0.1, 0.15) is 0 Å². The van der Waals surface area contributed by atoms with Crippen molar-refractivity contribution >= 4 is 11.0 Å². The van der Waals surface area contributed by atoms with Crippen LogP contribution in [0.15, 0.2) is 74.6 Å². The number of aryl methyl sites for hydroxylation is 1. The van der Waals surface area contributed by atoms with Crippen LogP contribution >= 0.6 is 0 Å². The molecule has 31 heavy (non-hydrogen) atoms. The molecule has 4 heteroatoms. The number of hydrogen-bond donors (Lipinski definition) is 0. The van der Waals surface area contributed by atoms with Crippen molar-refractivity contribution in [1.82, 2.24) is 0 Å². The Morgan fingerprint density at radius 2 is 1.52 bits per heavy atom. The van der Waals surface area contributed by atoms with E-state index in [4.69, 9.17) is 0 Å². The van der Waals surface area contributed by atoms with Gasteiger partial charge in [0.2, 0.25) is 0 Å². The summed E-state index contributed by atoms with van der Waals surface area (Å²) in [5, 5.41) is 0. The minimum atomic E-state index is -1.89. The van der Waals surface area contributed by atoms with Crippen molar-refractivity contribution in [3.8, 4) is 0 Å². The molecule has 0 spiro atoms. The van der Waals surface area contributed by atoms with E-state index in [0.717, 1.165) is 0 Å². The Balaban J connectivity index is 0.00000171. The molecule has 0 amide bonds. The molecule has 4 rings (SSSR count). The average molecular weight is 547 g/mol. The van der Waals surface area contributed by atoms with Gasteiger partial charge in [-0.1, -0.05) is 0 Å². The van der Waals surface area contributed by atoms with Crippen LogP contribution in [-0.4, -0.2) is 5.43 Å². The van der Waals surface area contributed by atoms with Gasteiger partial charge < -0.3 is 24.8 Å². The van der Waals surface area contributed by atoms with Crippen molar-refractivity contribution in [2.75, 3.05) is 0 Å². The standard InChI is InChI=1S/C16H13.C9H13.C2H6Si.2ClH.Zr/c1-12-5-4-7-14(11-12)16-10-9-13-6-2-3-8-15(13)16;1-6-5-7(2)9(4)8(6)3;1-3-2;;;/h2-11H,1H3;6H,1-4H3;1-2H3;2*1H;/q;;;;;+2/p-2. The fourth-order valence-electron chi connectivity index (χ4n) is 5.21. The Bertz CT molecular complexity index is 1130. The van der Waals surface area contributed by atoms with E-state index in [1.54, 1.807) is 22.3 Å². The SMILES string of the molecule is CC1=C(C)C(C)[C]([Zr+2]([CH]2C=C(c3cccc(C)c3)c3ccccc32)=[Si](C)C)=C1C.[Cl-].[Cl-]. The molecule has 0 aliphatic heterocycles. The molecule has 2 aromatic carbocycles. The maximum atomic E-state index is 2.68. The first kappa shape index (κ1) is 26.6. The third kappa shape index (κ3) is 4.70. The minimum Gasteiger partial charge on any atom is -1.00 e. The maximum absolute atomic E-state index is 2.68. The van der Waals surface area contributed by atoms with Crippen LogP contribution in [0.2, 0.25) is 13.1 Å². The molecule has 2 aromatic rings. The smallest absolute Gasteiger partial charge is 1.00 e. The van der Waals surface area contributed by atoms with E-state index in [0.29, 0.717) is 9.54 Å². The second kappa shape index (κ2) is 10.5. The minimum absolute atomic E-state index is 0. The summed E-state index contributed by atoms with van der Waals surface area (Å²) in [6, 6.07) is 18.3. The fraction of sp³-hybridized carbons (Fsp3) is 0.333. The first-order valence-corrected chi connectivity index (χ1v) is 19.6. The van der Waals surface area contributed by atoms with E-state index in [2.05, 4.69) is 102 Å². The number of benzene rings is 2. The van der Waals surface area contributed by atoms with Gasteiger partial charge in [0.15, 0.2) is 0 Å². The van der Waals surface area contributed by atoms with Crippen molar-refractivity contribution in [2.45, 2.75) is 51.3 Å². The van der Waals surface area contributed by atoms with Crippen LogP contribution in [0.25, 0.3) is 5.57 Å². The number of rotatable bonds is 3. The molecular formula is C27H32Cl2SiZr. The molecule has 0 nitrogen and oxygen atoms in total. The van der Waals surface area contributed by atoms with Gasteiger partial charge in [-0.05, 0) is 0 Å². The van der Waals surface area contributed by atoms with Crippen LogP contribution in [0.4, 0.5) is 0 Å². The molecule has 162 valence electrons. The first-order valence-electron chi connectivity index (χ1n) is 10.8. The van der Waals surface area contributed by atoms with E-state index in [1.165, 1.54) is 22.3 Å². The second-order valence-corrected chi connectivity index (χ2v) is 26.4. The van der Waals surface area contributed by atoms with Crippen LogP contribution in [0, 0.1) is 12.8 Å². The van der Waals surface area contributed by atoms with Crippen molar-refractivity contribution in [2.24, 2.45) is 5.92 Å². The maximum Gasteiger partial charge on any atom is -1.00 e. The van der Waals surface area contributed by atoms with Crippen molar-refractivity contribution in [1.29, 1.82) is 0 Å². The number of hydrogen-bond acceptors (Lipinski definition) is 0. The number of halogens is 2. The molecule has 0 saturated heterocycles. The Kier molecular flexibility index (Phi) is 9.02. The number of fused-ring (bicyclic) bond motifs is 1. The van der Waals surface area contributed by atoms with Crippen LogP contribution in [0.3, 0.4) is 0 Å². The third-order valence-electron chi connectivity index (χ3n) is 7.03. The van der Waals surface area contributed by atoms with Crippen LogP contribution in [-0.2, 0) is 20.4 Å². The Labute approximate surface area is 209 Å². The van der Waals surface area contributed by atoms with Crippen molar-refractivity contribution in [3.63, 3.8) is 0 Å². The monoisotopic (exact) mass is 544 g/mol. The normalized spacial score (nSPS) is 19.2. The van der Waals surface area contributed by atoms with Gasteiger partial charge >= 0.3 is 185 Å². The van der Waals surface area contributed by atoms with E-state index in [1.807, 2.05) is 3.28 Å². The topological polar surface area (TPSA) is 0 Å². The molecule has 2 atom stereocenters. The fourth-order valence-corrected chi connectivity index (χ4v) is 24.9. The van der Waals surface area contributed by atoms with Gasteiger partial charge in [0.25, 0.3) is 0 Å². The predicted molar refractivity (Wildman–Crippen MR) is 125 cm³/mol. The van der Waals surface area contributed by atoms with Gasteiger partial charge in [0.05, 0.1) is 0 Å². The first-order chi connectivity index (χ1) is 13.8. The largest absolute Gasteiger partial charge is 1.00 e. The van der Waals surface area contributed by atoms with E-state index < -0.39 is 20.4 Å². The van der Waals surface area contributed by atoms with Crippen LogP contribution < -0.4 is 24.8 Å². The van der Waals surface area contributed by atoms with Crippen LogP contribution in [0.5, 0.6) is 0 Å². The molecule has 0 fully saturated rings. The quantitative estimate of drug-likeness (QED) is 0.514. The van der Waals surface area contributed by atoms with Crippen molar-refractivity contribution in [3.05, 3.63) is 96.9 Å². The molecule has 0 heterocycles. The van der Waals surface area contributed by atoms with Crippen LogP contribution in [0.1, 0.15) is 53.6 Å². The van der Waals surface area contributed by atoms with E-state index in [9.17, 15) is 0 Å². The molecule has 0 N–H and O–H groups in total. The summed E-state index contributed by atoms with van der Waals surface area (Å²) in [4.78, 5) is 0. The van der Waals surface area contributed by atoms with Gasteiger partial charge in [0, 0.05) is 0 Å². The van der Waals surface area contributed by atoms with Gasteiger partial charge in [-0.15, -0.1) is 0 Å². The summed E-state index contributed by atoms with van der Waals surface area (Å²) in [6.45, 7) is 17.0. The zero-order chi connectivity index (χ0) is 20.9. The summed E-state index contributed by atoms with van der Waals surface area (Å²) in [5.74, 6) is 0.660. The van der Waals surface area contributed by atoms with Gasteiger partial charge in [-0.3, -0.25) is 0 Å². The predicted octanol–water partition coefficient (Wildman–Crippen LogP) is 1.62. The summed E-state index contributed by atoms with van der Waals surface area (Å²) < 4.78 is 2.59. The molecular weight excluding hydrogens is 515 g/mol. The summed E-state index contributed by atoms with van der Waals surface area (Å²) in [7, 11) is 0. The number of allylic oxidation sites excluding steroid dienone is 5. The Morgan fingerprint density at radius 1 is 0.839 bits per heavy atom. The zero-order valence-corrected chi connectivity index (χ0v) is 24.6. The summed E-state index contributed by atoms with van der Waals surface area (Å²) in [5.41, 5.74) is 11.8. The summed E-state index contributed by atoms with van der Waals surface area (Å²) >= 11 is -1.89. The van der Waals surface area contributed by atoms with E-state index in [-0.39, 0.29) is 30.2 Å². The molecule has 2 aliphatic rings. The molecule has 0 aromatic heterocycles. The average Bonchev–Trinajstić information content (AvgIpc) is 3.16. The molecule has 2 aliphatic carbocycles.